The summed E-state index contributed by atoms with van der Waals surface area (Å²) < 4.78 is 0. The highest BCUT2D eigenvalue weighted by atomic mass is 16.3. The van der Waals surface area contributed by atoms with Crippen molar-refractivity contribution in [2.45, 2.75) is 26.7 Å². The van der Waals surface area contributed by atoms with Crippen LogP contribution >= 0.6 is 0 Å². The van der Waals surface area contributed by atoms with Crippen molar-refractivity contribution in [1.82, 2.24) is 0 Å². The largest absolute Gasteiger partial charge is 0.507 e. The topological polar surface area (TPSA) is 60.7 Å². The number of aryl methyl sites for hydroxylation is 1. The molecule has 0 unspecified atom stereocenters. The second-order valence-corrected chi connectivity index (χ2v) is 4.53. The molecule has 100 valence electrons. The predicted octanol–water partition coefficient (Wildman–Crippen LogP) is 3.60. The van der Waals surface area contributed by atoms with E-state index in [4.69, 9.17) is 0 Å². The van der Waals surface area contributed by atoms with Gasteiger partial charge in [0, 0.05) is 11.1 Å². The van der Waals surface area contributed by atoms with Gasteiger partial charge in [-0.2, -0.15) is 0 Å². The summed E-state index contributed by atoms with van der Waals surface area (Å²) in [5, 5.41) is 29.7. The van der Waals surface area contributed by atoms with Crippen LogP contribution in [0.5, 0.6) is 17.2 Å². The Hall–Kier alpha value is -2.16. The lowest BCUT2D eigenvalue weighted by atomic mass is 9.97. The lowest BCUT2D eigenvalue weighted by Crippen LogP contribution is -1.89. The number of aromatic hydroxyl groups is 3. The molecule has 0 heterocycles. The molecule has 2 aromatic carbocycles. The average molecular weight is 258 g/mol. The van der Waals surface area contributed by atoms with Crippen LogP contribution < -0.4 is 0 Å². The van der Waals surface area contributed by atoms with Crippen molar-refractivity contribution in [3.05, 3.63) is 41.5 Å². The van der Waals surface area contributed by atoms with Crippen LogP contribution in [0.15, 0.2) is 30.3 Å². The first kappa shape index (κ1) is 13.3. The van der Waals surface area contributed by atoms with Crippen molar-refractivity contribution in [3.63, 3.8) is 0 Å². The van der Waals surface area contributed by atoms with Gasteiger partial charge in [-0.05, 0) is 30.0 Å². The Morgan fingerprint density at radius 2 is 1.63 bits per heavy atom. The maximum Gasteiger partial charge on any atom is 0.164 e. The van der Waals surface area contributed by atoms with Gasteiger partial charge in [-0.1, -0.05) is 38.1 Å². The minimum Gasteiger partial charge on any atom is -0.507 e. The lowest BCUT2D eigenvalue weighted by Gasteiger charge is -2.13. The molecule has 0 saturated heterocycles. The van der Waals surface area contributed by atoms with Crippen LogP contribution in [0.25, 0.3) is 11.1 Å². The van der Waals surface area contributed by atoms with Gasteiger partial charge in [0.2, 0.25) is 0 Å². The Bertz CT molecular complexity index is 603. The minimum atomic E-state index is -0.240. The Kier molecular flexibility index (Phi) is 3.65. The number of hydrogen-bond donors (Lipinski definition) is 3. The Balaban J connectivity index is 2.65. The maximum atomic E-state index is 10.2. The monoisotopic (exact) mass is 258 g/mol. The number of rotatable bonds is 3. The van der Waals surface area contributed by atoms with E-state index in [9.17, 15) is 15.3 Å². The molecule has 0 aromatic heterocycles. The zero-order chi connectivity index (χ0) is 14.0. The van der Waals surface area contributed by atoms with Crippen LogP contribution in [-0.4, -0.2) is 15.3 Å². The van der Waals surface area contributed by atoms with Crippen molar-refractivity contribution in [2.24, 2.45) is 0 Å². The molecule has 0 aliphatic heterocycles. The number of benzene rings is 2. The average Bonchev–Trinajstić information content (AvgIpc) is 2.43. The molecule has 0 amide bonds. The van der Waals surface area contributed by atoms with Crippen LogP contribution in [0.4, 0.5) is 0 Å². The molecule has 19 heavy (non-hydrogen) atoms. The summed E-state index contributed by atoms with van der Waals surface area (Å²) in [5.74, 6) is -0.409. The molecule has 0 aliphatic carbocycles. The highest BCUT2D eigenvalue weighted by molar-refractivity contribution is 5.76. The first-order chi connectivity index (χ1) is 9.08. The lowest BCUT2D eigenvalue weighted by molar-refractivity contribution is 0.391. The van der Waals surface area contributed by atoms with Gasteiger partial charge >= 0.3 is 0 Å². The van der Waals surface area contributed by atoms with Crippen molar-refractivity contribution in [1.29, 1.82) is 0 Å². The Labute approximate surface area is 112 Å². The predicted molar refractivity (Wildman–Crippen MR) is 75.6 cm³/mol. The molecule has 3 N–H and O–H groups in total. The van der Waals surface area contributed by atoms with E-state index in [1.165, 1.54) is 6.07 Å². The third kappa shape index (κ3) is 2.36. The van der Waals surface area contributed by atoms with E-state index in [1.807, 2.05) is 31.2 Å². The zero-order valence-corrected chi connectivity index (χ0v) is 11.1. The highest BCUT2D eigenvalue weighted by Gasteiger charge is 2.16. The van der Waals surface area contributed by atoms with Gasteiger partial charge in [0.05, 0.1) is 0 Å². The zero-order valence-electron chi connectivity index (χ0n) is 11.1. The van der Waals surface area contributed by atoms with Crippen LogP contribution in [0.1, 0.15) is 25.0 Å². The van der Waals surface area contributed by atoms with Gasteiger partial charge in [0.15, 0.2) is 11.5 Å². The molecule has 2 aromatic rings. The van der Waals surface area contributed by atoms with Gasteiger partial charge in [-0.15, -0.1) is 0 Å². The fourth-order valence-corrected chi connectivity index (χ4v) is 2.22. The molecule has 0 spiro atoms. The molecule has 0 saturated carbocycles. The van der Waals surface area contributed by atoms with Crippen molar-refractivity contribution < 1.29 is 15.3 Å². The van der Waals surface area contributed by atoms with Crippen molar-refractivity contribution in [3.8, 4) is 28.4 Å². The van der Waals surface area contributed by atoms with Crippen molar-refractivity contribution in [2.75, 3.05) is 0 Å². The van der Waals surface area contributed by atoms with Crippen LogP contribution in [-0.2, 0) is 12.8 Å². The second kappa shape index (κ2) is 5.22. The van der Waals surface area contributed by atoms with Gasteiger partial charge in [0.1, 0.15) is 5.75 Å². The quantitative estimate of drug-likeness (QED) is 0.582. The summed E-state index contributed by atoms with van der Waals surface area (Å²) in [4.78, 5) is 0. The molecule has 0 aliphatic rings. The fourth-order valence-electron chi connectivity index (χ4n) is 2.22. The molecule has 0 bridgehead atoms. The SMILES string of the molecule is CCc1cccc(-c2cc(O)c(O)c(CC)c2O)c1. The Morgan fingerprint density at radius 1 is 0.895 bits per heavy atom. The standard InChI is InChI=1S/C16H18O3/c1-3-10-6-5-7-11(8-10)13-9-14(17)16(19)12(4-2)15(13)18/h5-9,17-19H,3-4H2,1-2H3. The summed E-state index contributed by atoms with van der Waals surface area (Å²) in [6.45, 7) is 3.88. The number of hydrogen-bond acceptors (Lipinski definition) is 3. The van der Waals surface area contributed by atoms with E-state index in [1.54, 1.807) is 0 Å². The molecule has 3 nitrogen and oxygen atoms in total. The molecular formula is C16H18O3. The first-order valence-electron chi connectivity index (χ1n) is 6.44. The van der Waals surface area contributed by atoms with Crippen molar-refractivity contribution >= 4 is 0 Å². The summed E-state index contributed by atoms with van der Waals surface area (Å²) in [6.07, 6.45) is 1.35. The summed E-state index contributed by atoms with van der Waals surface area (Å²) in [6, 6.07) is 9.19. The van der Waals surface area contributed by atoms with E-state index in [0.29, 0.717) is 17.5 Å². The highest BCUT2D eigenvalue weighted by Crippen LogP contribution is 2.43. The maximum absolute atomic E-state index is 10.2. The van der Waals surface area contributed by atoms with E-state index >= 15 is 0 Å². The van der Waals surface area contributed by atoms with E-state index in [-0.39, 0.29) is 17.2 Å². The summed E-state index contributed by atoms with van der Waals surface area (Å²) >= 11 is 0. The van der Waals surface area contributed by atoms with Gasteiger partial charge < -0.3 is 15.3 Å². The third-order valence-corrected chi connectivity index (χ3v) is 3.35. The molecule has 2 rings (SSSR count). The number of phenols is 3. The van der Waals surface area contributed by atoms with Crippen LogP contribution in [0, 0.1) is 0 Å². The first-order valence-corrected chi connectivity index (χ1v) is 6.44. The molecule has 0 fully saturated rings. The summed E-state index contributed by atoms with van der Waals surface area (Å²) in [7, 11) is 0. The fraction of sp³-hybridized carbons (Fsp3) is 0.250. The Morgan fingerprint density at radius 3 is 2.26 bits per heavy atom. The second-order valence-electron chi connectivity index (χ2n) is 4.53. The molecule has 3 heteroatoms. The van der Waals surface area contributed by atoms with Gasteiger partial charge in [-0.3, -0.25) is 0 Å². The molecule has 0 radical (unpaired) electrons. The van der Waals surface area contributed by atoms with E-state index < -0.39 is 0 Å². The van der Waals surface area contributed by atoms with Crippen LogP contribution in [0.3, 0.4) is 0 Å². The normalized spacial score (nSPS) is 10.6. The van der Waals surface area contributed by atoms with E-state index in [0.717, 1.165) is 17.5 Å². The van der Waals surface area contributed by atoms with Gasteiger partial charge in [0.25, 0.3) is 0 Å². The number of phenolic OH excluding ortho intramolecular Hbond substituents is 3. The summed E-state index contributed by atoms with van der Waals surface area (Å²) in [5.41, 5.74) is 2.91. The minimum absolute atomic E-state index is 0.0334. The van der Waals surface area contributed by atoms with Gasteiger partial charge in [-0.25, -0.2) is 0 Å². The third-order valence-electron chi connectivity index (χ3n) is 3.35. The molecular weight excluding hydrogens is 240 g/mol. The smallest absolute Gasteiger partial charge is 0.164 e. The van der Waals surface area contributed by atoms with Crippen LogP contribution in [0.2, 0.25) is 0 Å². The van der Waals surface area contributed by atoms with E-state index in [2.05, 4.69) is 6.92 Å². The molecule has 0 atom stereocenters.